The van der Waals surface area contributed by atoms with Gasteiger partial charge in [0.15, 0.2) is 5.78 Å². The zero-order valence-electron chi connectivity index (χ0n) is 21.0. The van der Waals surface area contributed by atoms with Gasteiger partial charge in [-0.05, 0) is 63.5 Å². The van der Waals surface area contributed by atoms with E-state index in [-0.39, 0.29) is 11.2 Å². The largest absolute Gasteiger partial charge is 0.494 e. The molecule has 1 N–H and O–H groups in total. The number of pyridine rings is 1. The van der Waals surface area contributed by atoms with Gasteiger partial charge in [0, 0.05) is 23.3 Å². The molecule has 5 nitrogen and oxygen atoms in total. The molecule has 2 aromatic rings. The van der Waals surface area contributed by atoms with E-state index >= 15 is 0 Å². The van der Waals surface area contributed by atoms with Gasteiger partial charge in [-0.2, -0.15) is 0 Å². The highest BCUT2D eigenvalue weighted by Crippen LogP contribution is 2.52. The average Bonchev–Trinajstić information content (AvgIpc) is 2.94. The van der Waals surface area contributed by atoms with E-state index in [4.69, 9.17) is 9.31 Å². The van der Waals surface area contributed by atoms with Gasteiger partial charge in [-0.3, -0.25) is 4.79 Å². The summed E-state index contributed by atoms with van der Waals surface area (Å²) in [7, 11) is -0.533. The number of Topliss-reactive ketones (excluding diaryl/α,β-unsaturated/α-hetero) is 1. The van der Waals surface area contributed by atoms with E-state index in [0.717, 1.165) is 23.1 Å². The van der Waals surface area contributed by atoms with Crippen molar-refractivity contribution in [1.29, 1.82) is 0 Å². The molecule has 1 unspecified atom stereocenters. The van der Waals surface area contributed by atoms with Gasteiger partial charge in [-0.15, -0.1) is 0 Å². The lowest BCUT2D eigenvalue weighted by Crippen LogP contribution is -2.43. The lowest BCUT2D eigenvalue weighted by Gasteiger charge is -2.44. The van der Waals surface area contributed by atoms with Crippen LogP contribution in [0.3, 0.4) is 0 Å². The Bertz CT molecular complexity index is 1220. The monoisotopic (exact) mass is 462 g/mol. The molecule has 0 saturated carbocycles. The fourth-order valence-corrected chi connectivity index (χ4v) is 5.48. The van der Waals surface area contributed by atoms with Gasteiger partial charge in [0.25, 0.3) is 0 Å². The summed E-state index contributed by atoms with van der Waals surface area (Å²) >= 11 is 0. The summed E-state index contributed by atoms with van der Waals surface area (Å²) in [6, 6.07) is 9.44. The Morgan fingerprint density at radius 2 is 1.68 bits per heavy atom. The summed E-state index contributed by atoms with van der Waals surface area (Å²) in [5, 5.41) is 3.36. The first-order valence-electron chi connectivity index (χ1n) is 11.9. The number of ketones is 1. The zero-order chi connectivity index (χ0) is 24.7. The lowest BCUT2D eigenvalue weighted by molar-refractivity contribution is -0.118. The highest BCUT2D eigenvalue weighted by atomic mass is 19.1. The maximum Gasteiger partial charge on any atom is 0.494 e. The first-order valence-corrected chi connectivity index (χ1v) is 11.9. The van der Waals surface area contributed by atoms with Gasteiger partial charge in [0.2, 0.25) is 0 Å². The van der Waals surface area contributed by atoms with Gasteiger partial charge in [0.1, 0.15) is 11.6 Å². The fourth-order valence-electron chi connectivity index (χ4n) is 5.48. The number of hydrogen-bond donors (Lipinski definition) is 1. The standard InChI is InChI=1S/C27H32BFN2O3/c1-24(2)13-20-22(21(32)14-24)27(7,19-12-18(29)15-30-23(19)31-20)16-9-8-10-17(11-16)28-33-25(3,4)26(5,6)34-28/h8-12,15H,13-14H2,1-7H3,(H,30,31). The zero-order valence-corrected chi connectivity index (χ0v) is 21.0. The Labute approximate surface area is 201 Å². The molecule has 1 fully saturated rings. The summed E-state index contributed by atoms with van der Waals surface area (Å²) in [4.78, 5) is 17.9. The second-order valence-electron chi connectivity index (χ2n) is 11.8. The van der Waals surface area contributed by atoms with E-state index in [1.165, 1.54) is 12.3 Å². The molecular formula is C27H32BFN2O3. The molecule has 34 heavy (non-hydrogen) atoms. The molecular weight excluding hydrogens is 430 g/mol. The smallest absolute Gasteiger partial charge is 0.399 e. The molecule has 178 valence electrons. The number of nitrogens with zero attached hydrogens (tertiary/aromatic N) is 1. The molecule has 3 heterocycles. The number of fused-ring (bicyclic) bond motifs is 1. The maximum absolute atomic E-state index is 14.5. The van der Waals surface area contributed by atoms with Crippen molar-refractivity contribution in [2.75, 3.05) is 5.32 Å². The van der Waals surface area contributed by atoms with Crippen LogP contribution in [-0.2, 0) is 19.5 Å². The number of hydrogen-bond acceptors (Lipinski definition) is 5. The van der Waals surface area contributed by atoms with Crippen molar-refractivity contribution in [2.24, 2.45) is 5.41 Å². The van der Waals surface area contributed by atoms with E-state index in [1.807, 2.05) is 58.9 Å². The fraction of sp³-hybridized carbons (Fsp3) is 0.481. The number of halogens is 1. The van der Waals surface area contributed by atoms with Crippen LogP contribution in [0.1, 0.15) is 72.4 Å². The van der Waals surface area contributed by atoms with E-state index in [2.05, 4.69) is 24.1 Å². The van der Waals surface area contributed by atoms with Crippen molar-refractivity contribution in [3.8, 4) is 0 Å². The Kier molecular flexibility index (Phi) is 4.96. The van der Waals surface area contributed by atoms with Crippen LogP contribution < -0.4 is 10.8 Å². The molecule has 0 spiro atoms. The second-order valence-corrected chi connectivity index (χ2v) is 11.8. The van der Waals surface area contributed by atoms with E-state index in [1.54, 1.807) is 0 Å². The van der Waals surface area contributed by atoms with Crippen molar-refractivity contribution in [3.05, 3.63) is 64.7 Å². The Morgan fingerprint density at radius 3 is 2.35 bits per heavy atom. The minimum Gasteiger partial charge on any atom is -0.399 e. The number of carbonyl (C=O) groups excluding carboxylic acids is 1. The second kappa shape index (κ2) is 7.25. The molecule has 1 aliphatic carbocycles. The summed E-state index contributed by atoms with van der Waals surface area (Å²) < 4.78 is 27.0. The lowest BCUT2D eigenvalue weighted by atomic mass is 9.61. The molecule has 1 aromatic heterocycles. The van der Waals surface area contributed by atoms with Crippen molar-refractivity contribution in [3.63, 3.8) is 0 Å². The highest BCUT2D eigenvalue weighted by Gasteiger charge is 2.53. The van der Waals surface area contributed by atoms with E-state index in [9.17, 15) is 9.18 Å². The molecule has 2 aliphatic heterocycles. The van der Waals surface area contributed by atoms with Crippen molar-refractivity contribution >= 4 is 24.2 Å². The SMILES string of the molecule is CC1(C)CC(=O)C2=C(C1)Nc1ncc(F)cc1C2(C)c1cccc(B2OC(C)(C)C(C)(C)O2)c1. The van der Waals surface area contributed by atoms with Crippen LogP contribution in [-0.4, -0.2) is 29.1 Å². The third-order valence-corrected chi connectivity index (χ3v) is 8.03. The van der Waals surface area contributed by atoms with Gasteiger partial charge in [-0.1, -0.05) is 38.1 Å². The number of allylic oxidation sites excluding steroid dienone is 2. The number of aromatic nitrogens is 1. The predicted octanol–water partition coefficient (Wildman–Crippen LogP) is 4.89. The molecule has 7 heteroatoms. The molecule has 5 rings (SSSR count). The van der Waals surface area contributed by atoms with Gasteiger partial charge >= 0.3 is 7.12 Å². The number of nitrogens with one attached hydrogen (secondary N) is 1. The number of carbonyl (C=O) groups is 1. The first kappa shape index (κ1) is 23.2. The van der Waals surface area contributed by atoms with Crippen molar-refractivity contribution in [2.45, 2.75) is 77.9 Å². The molecule has 0 bridgehead atoms. The van der Waals surface area contributed by atoms with Gasteiger partial charge < -0.3 is 14.6 Å². The maximum atomic E-state index is 14.5. The molecule has 0 amide bonds. The Morgan fingerprint density at radius 1 is 1.00 bits per heavy atom. The van der Waals surface area contributed by atoms with Crippen LogP contribution in [0.15, 0.2) is 47.8 Å². The molecule has 1 atom stereocenters. The summed E-state index contributed by atoms with van der Waals surface area (Å²) in [6.07, 6.45) is 2.38. The normalized spacial score (nSPS) is 26.7. The summed E-state index contributed by atoms with van der Waals surface area (Å²) in [5.41, 5.74) is 2.02. The Hall–Kier alpha value is -2.51. The quantitative estimate of drug-likeness (QED) is 0.644. The van der Waals surface area contributed by atoms with Crippen molar-refractivity contribution < 1.29 is 18.5 Å². The first-order chi connectivity index (χ1) is 15.7. The minimum absolute atomic E-state index is 0.0807. The molecule has 3 aliphatic rings. The summed E-state index contributed by atoms with van der Waals surface area (Å²) in [5.74, 6) is 0.243. The van der Waals surface area contributed by atoms with Crippen LogP contribution in [0, 0.1) is 11.2 Å². The number of rotatable bonds is 2. The Balaban J connectivity index is 1.68. The van der Waals surface area contributed by atoms with Crippen LogP contribution in [0.5, 0.6) is 0 Å². The highest BCUT2D eigenvalue weighted by molar-refractivity contribution is 6.62. The van der Waals surface area contributed by atoms with Crippen LogP contribution in [0.25, 0.3) is 0 Å². The molecule has 1 saturated heterocycles. The third kappa shape index (κ3) is 3.44. The van der Waals surface area contributed by atoms with Crippen molar-refractivity contribution in [1.82, 2.24) is 4.98 Å². The van der Waals surface area contributed by atoms with E-state index < -0.39 is 29.6 Å². The predicted molar refractivity (Wildman–Crippen MR) is 131 cm³/mol. The minimum atomic E-state index is -0.863. The average molecular weight is 462 g/mol. The summed E-state index contributed by atoms with van der Waals surface area (Å²) in [6.45, 7) is 14.3. The van der Waals surface area contributed by atoms with Gasteiger partial charge in [0.05, 0.1) is 22.8 Å². The molecule has 1 aromatic carbocycles. The van der Waals surface area contributed by atoms with Crippen LogP contribution >= 0.6 is 0 Å². The number of anilines is 1. The third-order valence-electron chi connectivity index (χ3n) is 8.03. The number of benzene rings is 1. The van der Waals surface area contributed by atoms with Crippen LogP contribution in [0.4, 0.5) is 10.2 Å². The molecule has 0 radical (unpaired) electrons. The van der Waals surface area contributed by atoms with Gasteiger partial charge in [-0.25, -0.2) is 9.37 Å². The van der Waals surface area contributed by atoms with E-state index in [0.29, 0.717) is 23.4 Å². The topological polar surface area (TPSA) is 60.5 Å². The van der Waals surface area contributed by atoms with Crippen LogP contribution in [0.2, 0.25) is 0 Å².